The van der Waals surface area contributed by atoms with Crippen molar-refractivity contribution in [2.45, 2.75) is 13.8 Å². The van der Waals surface area contributed by atoms with Crippen LogP contribution in [-0.4, -0.2) is 31.1 Å². The second kappa shape index (κ2) is 9.11. The van der Waals surface area contributed by atoms with Crippen LogP contribution in [0.25, 0.3) is 10.8 Å². The Morgan fingerprint density at radius 1 is 0.769 bits per heavy atom. The van der Waals surface area contributed by atoms with E-state index < -0.39 is 0 Å². The van der Waals surface area contributed by atoms with Crippen LogP contribution in [-0.2, 0) is 0 Å². The molecule has 0 amide bonds. The van der Waals surface area contributed by atoms with Gasteiger partial charge in [0.2, 0.25) is 0 Å². The summed E-state index contributed by atoms with van der Waals surface area (Å²) in [6.45, 7) is 8.53. The monoisotopic (exact) mass is 346 g/mol. The van der Waals surface area contributed by atoms with Gasteiger partial charge in [-0.25, -0.2) is 0 Å². The molecule has 0 heterocycles. The summed E-state index contributed by atoms with van der Waals surface area (Å²) in [6.07, 6.45) is 0. The van der Waals surface area contributed by atoms with E-state index in [-0.39, 0.29) is 0 Å². The highest BCUT2D eigenvalue weighted by Crippen LogP contribution is 2.32. The fourth-order valence-corrected chi connectivity index (χ4v) is 3.02. The number of rotatable bonds is 8. The molecule has 0 saturated heterocycles. The normalized spacial score (nSPS) is 11.5. The first-order valence-electron chi connectivity index (χ1n) is 9.26. The zero-order valence-corrected chi connectivity index (χ0v) is 15.5. The average molecular weight is 346 g/mol. The molecule has 0 radical (unpaired) electrons. The molecule has 1 N–H and O–H groups in total. The molecule has 0 bridgehead atoms. The number of fused-ring (bicyclic) bond motifs is 1. The molecule has 0 atom stereocenters. The van der Waals surface area contributed by atoms with Crippen molar-refractivity contribution in [1.29, 1.82) is 0 Å². The Bertz CT molecular complexity index is 854. The number of hydrogen-bond donors (Lipinski definition) is 1. The van der Waals surface area contributed by atoms with Gasteiger partial charge in [0, 0.05) is 29.5 Å². The van der Waals surface area contributed by atoms with E-state index in [2.05, 4.69) is 58.6 Å². The number of azo groups is 1. The molecule has 0 spiro atoms. The van der Waals surface area contributed by atoms with Crippen molar-refractivity contribution in [2.75, 3.05) is 31.5 Å². The van der Waals surface area contributed by atoms with Gasteiger partial charge in [-0.3, -0.25) is 0 Å². The molecule has 0 saturated carbocycles. The van der Waals surface area contributed by atoms with Gasteiger partial charge in [-0.05, 0) is 37.4 Å². The Hall–Kier alpha value is -2.72. The zero-order chi connectivity index (χ0) is 18.2. The molecule has 3 aromatic rings. The van der Waals surface area contributed by atoms with Crippen molar-refractivity contribution in [2.24, 2.45) is 10.2 Å². The summed E-state index contributed by atoms with van der Waals surface area (Å²) in [7, 11) is 0. The Morgan fingerprint density at radius 3 is 2.19 bits per heavy atom. The van der Waals surface area contributed by atoms with Crippen molar-refractivity contribution < 1.29 is 0 Å². The SMILES string of the molecule is CCN(CC)CCNc1ccc(/N=N/c2ccccc2)c2ccccc12. The van der Waals surface area contributed by atoms with Crippen molar-refractivity contribution in [3.8, 4) is 0 Å². The quantitative estimate of drug-likeness (QED) is 0.507. The predicted octanol–water partition coefficient (Wildman–Crippen LogP) is 6.01. The molecule has 3 aromatic carbocycles. The number of hydrogen-bond acceptors (Lipinski definition) is 4. The molecule has 3 rings (SSSR count). The molecule has 4 nitrogen and oxygen atoms in total. The summed E-state index contributed by atoms with van der Waals surface area (Å²) >= 11 is 0. The van der Waals surface area contributed by atoms with Gasteiger partial charge in [0.25, 0.3) is 0 Å². The number of nitrogens with one attached hydrogen (secondary N) is 1. The first kappa shape index (κ1) is 18.1. The molecular formula is C22H26N4. The highest BCUT2D eigenvalue weighted by atomic mass is 15.1. The summed E-state index contributed by atoms with van der Waals surface area (Å²) in [5.41, 5.74) is 2.89. The maximum Gasteiger partial charge on any atom is 0.0936 e. The van der Waals surface area contributed by atoms with Gasteiger partial charge in [-0.2, -0.15) is 5.11 Å². The minimum Gasteiger partial charge on any atom is -0.383 e. The maximum atomic E-state index is 4.47. The van der Waals surface area contributed by atoms with Crippen LogP contribution in [0.5, 0.6) is 0 Å². The number of benzene rings is 3. The minimum atomic E-state index is 0.859. The smallest absolute Gasteiger partial charge is 0.0936 e. The van der Waals surface area contributed by atoms with Crippen LogP contribution in [0.3, 0.4) is 0 Å². The fourth-order valence-electron chi connectivity index (χ4n) is 3.02. The summed E-state index contributed by atoms with van der Waals surface area (Å²) in [6, 6.07) is 22.3. The molecule has 134 valence electrons. The van der Waals surface area contributed by atoms with E-state index in [1.807, 2.05) is 42.5 Å². The summed E-state index contributed by atoms with van der Waals surface area (Å²) in [5.74, 6) is 0. The van der Waals surface area contributed by atoms with Crippen LogP contribution in [0.2, 0.25) is 0 Å². The summed E-state index contributed by atoms with van der Waals surface area (Å²) < 4.78 is 0. The maximum absolute atomic E-state index is 4.47. The Labute approximate surface area is 155 Å². The van der Waals surface area contributed by atoms with Gasteiger partial charge >= 0.3 is 0 Å². The second-order valence-electron chi connectivity index (χ2n) is 6.17. The predicted molar refractivity (Wildman–Crippen MR) is 111 cm³/mol. The van der Waals surface area contributed by atoms with E-state index in [4.69, 9.17) is 0 Å². The van der Waals surface area contributed by atoms with Gasteiger partial charge < -0.3 is 10.2 Å². The topological polar surface area (TPSA) is 40.0 Å². The lowest BCUT2D eigenvalue weighted by Gasteiger charge is -2.19. The highest BCUT2D eigenvalue weighted by Gasteiger charge is 2.06. The Balaban J connectivity index is 1.81. The molecule has 0 aliphatic heterocycles. The first-order chi connectivity index (χ1) is 12.8. The summed E-state index contributed by atoms with van der Waals surface area (Å²) in [4.78, 5) is 2.41. The van der Waals surface area contributed by atoms with Crippen LogP contribution >= 0.6 is 0 Å². The average Bonchev–Trinajstić information content (AvgIpc) is 2.71. The van der Waals surface area contributed by atoms with E-state index in [1.165, 1.54) is 5.39 Å². The van der Waals surface area contributed by atoms with Crippen LogP contribution < -0.4 is 5.32 Å². The fraction of sp³-hybridized carbons (Fsp3) is 0.273. The highest BCUT2D eigenvalue weighted by molar-refractivity contribution is 6.00. The van der Waals surface area contributed by atoms with Crippen LogP contribution in [0.4, 0.5) is 17.1 Å². The van der Waals surface area contributed by atoms with Crippen molar-refractivity contribution in [1.82, 2.24) is 4.90 Å². The van der Waals surface area contributed by atoms with Gasteiger partial charge in [0.15, 0.2) is 0 Å². The number of nitrogens with zero attached hydrogens (tertiary/aromatic N) is 3. The van der Waals surface area contributed by atoms with Crippen LogP contribution in [0.15, 0.2) is 77.0 Å². The first-order valence-corrected chi connectivity index (χ1v) is 9.26. The number of anilines is 1. The lowest BCUT2D eigenvalue weighted by Crippen LogP contribution is -2.28. The third-order valence-corrected chi connectivity index (χ3v) is 4.57. The van der Waals surface area contributed by atoms with E-state index >= 15 is 0 Å². The van der Waals surface area contributed by atoms with Gasteiger partial charge in [-0.1, -0.05) is 56.3 Å². The van der Waals surface area contributed by atoms with Crippen molar-refractivity contribution >= 4 is 27.8 Å². The molecule has 0 unspecified atom stereocenters. The molecule has 0 aliphatic carbocycles. The van der Waals surface area contributed by atoms with Crippen LogP contribution in [0.1, 0.15) is 13.8 Å². The van der Waals surface area contributed by atoms with Gasteiger partial charge in [-0.15, -0.1) is 5.11 Å². The lowest BCUT2D eigenvalue weighted by atomic mass is 10.1. The molecule has 26 heavy (non-hydrogen) atoms. The van der Waals surface area contributed by atoms with Crippen molar-refractivity contribution in [3.05, 3.63) is 66.7 Å². The van der Waals surface area contributed by atoms with Crippen LogP contribution in [0, 0.1) is 0 Å². The minimum absolute atomic E-state index is 0.859. The second-order valence-corrected chi connectivity index (χ2v) is 6.17. The molecular weight excluding hydrogens is 320 g/mol. The van der Waals surface area contributed by atoms with E-state index in [1.54, 1.807) is 0 Å². The Morgan fingerprint density at radius 2 is 1.46 bits per heavy atom. The lowest BCUT2D eigenvalue weighted by molar-refractivity contribution is 0.316. The zero-order valence-electron chi connectivity index (χ0n) is 15.5. The third-order valence-electron chi connectivity index (χ3n) is 4.57. The molecule has 0 aliphatic rings. The largest absolute Gasteiger partial charge is 0.383 e. The van der Waals surface area contributed by atoms with Gasteiger partial charge in [0.1, 0.15) is 0 Å². The summed E-state index contributed by atoms with van der Waals surface area (Å²) in [5, 5.41) is 14.7. The van der Waals surface area contributed by atoms with E-state index in [0.717, 1.165) is 48.6 Å². The number of likely N-dealkylation sites (N-methyl/N-ethyl adjacent to an activating group) is 1. The van der Waals surface area contributed by atoms with E-state index in [9.17, 15) is 0 Å². The Kier molecular flexibility index (Phi) is 6.34. The third kappa shape index (κ3) is 4.46. The van der Waals surface area contributed by atoms with Gasteiger partial charge in [0.05, 0.1) is 11.4 Å². The molecule has 0 fully saturated rings. The molecule has 0 aromatic heterocycles. The standard InChI is InChI=1S/C22H26N4/c1-3-26(4-2)17-16-23-21-14-15-22(20-13-9-8-12-19(20)21)25-24-18-10-6-5-7-11-18/h5-15,23H,3-4,16-17H2,1-2H3/b25-24+. The van der Waals surface area contributed by atoms with Crippen molar-refractivity contribution in [3.63, 3.8) is 0 Å². The molecule has 4 heteroatoms. The van der Waals surface area contributed by atoms with E-state index in [0.29, 0.717) is 0 Å².